The molecule has 0 radical (unpaired) electrons. The summed E-state index contributed by atoms with van der Waals surface area (Å²) in [7, 11) is 0. The Kier molecular flexibility index (Phi) is 8.09. The molecule has 0 unspecified atom stereocenters. The zero-order valence-corrected chi connectivity index (χ0v) is 20.2. The average molecular weight is 487 g/mol. The maximum atomic E-state index is 12.9. The lowest BCUT2D eigenvalue weighted by atomic mass is 10.2. The maximum absolute atomic E-state index is 12.9. The second kappa shape index (κ2) is 11.4. The van der Waals surface area contributed by atoms with Crippen LogP contribution in [0.2, 0.25) is 0 Å². The molecule has 1 atom stereocenters. The van der Waals surface area contributed by atoms with Crippen LogP contribution < -0.4 is 15.5 Å². The number of ether oxygens (including phenoxy) is 2. The Morgan fingerprint density at radius 1 is 1.32 bits per heavy atom. The monoisotopic (exact) mass is 486 g/mol. The number of thiazole rings is 1. The molecule has 3 aromatic rings. The topological polar surface area (TPSA) is 110 Å². The van der Waals surface area contributed by atoms with E-state index in [1.54, 1.807) is 11.1 Å². The van der Waals surface area contributed by atoms with Crippen LogP contribution in [-0.2, 0) is 16.0 Å². The highest BCUT2D eigenvalue weighted by Crippen LogP contribution is 2.25. The first kappa shape index (κ1) is 24.1. The van der Waals surface area contributed by atoms with Crippen molar-refractivity contribution in [2.75, 3.05) is 31.2 Å². The van der Waals surface area contributed by atoms with Gasteiger partial charge in [-0.25, -0.2) is 14.8 Å². The predicted molar refractivity (Wildman–Crippen MR) is 129 cm³/mol. The standard InChI is InChI=1S/C23H30N6O4S/c1-16(2)32-11-8-25-22(31)29(15-18-4-3-10-33-18)23-27-13-19(34-23)21(30)26-12-17-5-6-20-24-7-9-28(20)14-17/h5-7,9,13-14,16,18H,3-4,8,10-12,15H2,1-2H3,(H,25,31)(H,26,30)/t18-/m0/s1. The van der Waals surface area contributed by atoms with Crippen LogP contribution in [0.25, 0.3) is 5.65 Å². The first-order valence-electron chi connectivity index (χ1n) is 11.4. The van der Waals surface area contributed by atoms with Gasteiger partial charge >= 0.3 is 6.03 Å². The minimum absolute atomic E-state index is 0.0445. The van der Waals surface area contributed by atoms with E-state index in [9.17, 15) is 9.59 Å². The van der Waals surface area contributed by atoms with Gasteiger partial charge in [-0.3, -0.25) is 9.69 Å². The summed E-state index contributed by atoms with van der Waals surface area (Å²) in [4.78, 5) is 36.2. The first-order valence-corrected chi connectivity index (χ1v) is 12.3. The molecule has 0 aliphatic carbocycles. The average Bonchev–Trinajstić information content (AvgIpc) is 3.59. The lowest BCUT2D eigenvalue weighted by Gasteiger charge is -2.23. The SMILES string of the molecule is CC(C)OCCNC(=O)N(C[C@@H]1CCCO1)c1ncc(C(=O)NCc2ccc3nccn3c2)s1. The Balaban J connectivity index is 1.38. The Morgan fingerprint density at radius 2 is 2.21 bits per heavy atom. The number of hydrogen-bond donors (Lipinski definition) is 2. The van der Waals surface area contributed by atoms with E-state index in [0.717, 1.165) is 24.1 Å². The Bertz CT molecular complexity index is 1110. The lowest BCUT2D eigenvalue weighted by Crippen LogP contribution is -2.45. The molecule has 182 valence electrons. The minimum atomic E-state index is -0.280. The molecule has 3 amide bonds. The highest BCUT2D eigenvalue weighted by Gasteiger charge is 2.26. The van der Waals surface area contributed by atoms with E-state index >= 15 is 0 Å². The number of carbonyl (C=O) groups excluding carboxylic acids is 2. The summed E-state index contributed by atoms with van der Waals surface area (Å²) in [6.45, 7) is 6.16. The fraction of sp³-hybridized carbons (Fsp3) is 0.478. The van der Waals surface area contributed by atoms with Crippen LogP contribution in [0.4, 0.5) is 9.93 Å². The summed E-state index contributed by atoms with van der Waals surface area (Å²) in [6, 6.07) is 3.55. The molecule has 3 aromatic heterocycles. The second-order valence-electron chi connectivity index (χ2n) is 8.32. The van der Waals surface area contributed by atoms with Crippen molar-refractivity contribution in [1.82, 2.24) is 25.0 Å². The van der Waals surface area contributed by atoms with Crippen LogP contribution >= 0.6 is 11.3 Å². The number of carbonyl (C=O) groups is 2. The number of pyridine rings is 1. The van der Waals surface area contributed by atoms with Crippen molar-refractivity contribution >= 4 is 34.1 Å². The van der Waals surface area contributed by atoms with Gasteiger partial charge in [-0.1, -0.05) is 17.4 Å². The molecule has 0 spiro atoms. The molecule has 10 nitrogen and oxygen atoms in total. The molecule has 4 rings (SSSR count). The third-order valence-electron chi connectivity index (χ3n) is 5.34. The number of nitrogens with one attached hydrogen (secondary N) is 2. The molecule has 0 saturated carbocycles. The van der Waals surface area contributed by atoms with Gasteiger partial charge in [0.25, 0.3) is 5.91 Å². The number of amides is 3. The summed E-state index contributed by atoms with van der Waals surface area (Å²) in [5.41, 5.74) is 1.80. The fourth-order valence-electron chi connectivity index (χ4n) is 3.62. The second-order valence-corrected chi connectivity index (χ2v) is 9.33. The molecule has 1 saturated heterocycles. The molecule has 11 heteroatoms. The molecule has 2 N–H and O–H groups in total. The van der Waals surface area contributed by atoms with Crippen molar-refractivity contribution in [1.29, 1.82) is 0 Å². The van der Waals surface area contributed by atoms with Gasteiger partial charge in [0.05, 0.1) is 31.6 Å². The Labute approximate surface area is 202 Å². The van der Waals surface area contributed by atoms with Gasteiger partial charge in [-0.15, -0.1) is 0 Å². The molecule has 1 fully saturated rings. The molecule has 0 bridgehead atoms. The largest absolute Gasteiger partial charge is 0.377 e. The third-order valence-corrected chi connectivity index (χ3v) is 6.36. The maximum Gasteiger partial charge on any atom is 0.323 e. The van der Waals surface area contributed by atoms with Gasteiger partial charge in [0, 0.05) is 38.3 Å². The molecule has 1 aliphatic rings. The number of urea groups is 1. The summed E-state index contributed by atoms with van der Waals surface area (Å²) in [5, 5.41) is 6.25. The number of nitrogens with zero attached hydrogens (tertiary/aromatic N) is 4. The number of hydrogen-bond acceptors (Lipinski definition) is 7. The molecule has 0 aromatic carbocycles. The van der Waals surface area contributed by atoms with Crippen LogP contribution in [-0.4, -0.2) is 64.8 Å². The van der Waals surface area contributed by atoms with E-state index < -0.39 is 0 Å². The molecular weight excluding hydrogens is 456 g/mol. The number of anilines is 1. The number of rotatable bonds is 10. The third kappa shape index (κ3) is 6.31. The van der Waals surface area contributed by atoms with Crippen molar-refractivity contribution in [2.24, 2.45) is 0 Å². The fourth-order valence-corrected chi connectivity index (χ4v) is 4.46. The molecule has 1 aliphatic heterocycles. The van der Waals surface area contributed by atoms with Crippen molar-refractivity contribution in [2.45, 2.75) is 45.4 Å². The van der Waals surface area contributed by atoms with Crippen LogP contribution in [0.5, 0.6) is 0 Å². The van der Waals surface area contributed by atoms with Gasteiger partial charge in [0.1, 0.15) is 10.5 Å². The van der Waals surface area contributed by atoms with Gasteiger partial charge < -0.3 is 24.5 Å². The van der Waals surface area contributed by atoms with E-state index in [2.05, 4.69) is 20.6 Å². The number of fused-ring (bicyclic) bond motifs is 1. The number of imidazole rings is 1. The number of aromatic nitrogens is 3. The van der Waals surface area contributed by atoms with Crippen molar-refractivity contribution in [3.8, 4) is 0 Å². The van der Waals surface area contributed by atoms with Crippen molar-refractivity contribution < 1.29 is 19.1 Å². The van der Waals surface area contributed by atoms with Gasteiger partial charge in [-0.2, -0.15) is 0 Å². The van der Waals surface area contributed by atoms with E-state index in [4.69, 9.17) is 9.47 Å². The van der Waals surface area contributed by atoms with Crippen LogP contribution in [0.15, 0.2) is 36.9 Å². The highest BCUT2D eigenvalue weighted by atomic mass is 32.1. The van der Waals surface area contributed by atoms with Crippen LogP contribution in [0, 0.1) is 0 Å². The van der Waals surface area contributed by atoms with E-state index in [-0.39, 0.29) is 24.1 Å². The zero-order valence-electron chi connectivity index (χ0n) is 19.4. The smallest absolute Gasteiger partial charge is 0.323 e. The van der Waals surface area contributed by atoms with Crippen LogP contribution in [0.3, 0.4) is 0 Å². The lowest BCUT2D eigenvalue weighted by molar-refractivity contribution is 0.0817. The summed E-state index contributed by atoms with van der Waals surface area (Å²) in [5.74, 6) is -0.239. The van der Waals surface area contributed by atoms with E-state index in [0.29, 0.717) is 42.9 Å². The Morgan fingerprint density at radius 3 is 3.00 bits per heavy atom. The summed E-state index contributed by atoms with van der Waals surface area (Å²) >= 11 is 1.18. The van der Waals surface area contributed by atoms with Crippen molar-refractivity contribution in [3.05, 3.63) is 47.4 Å². The van der Waals surface area contributed by atoms with Crippen molar-refractivity contribution in [3.63, 3.8) is 0 Å². The highest BCUT2D eigenvalue weighted by molar-refractivity contribution is 7.17. The van der Waals surface area contributed by atoms with E-state index in [1.807, 2.05) is 42.8 Å². The quantitative estimate of drug-likeness (QED) is 0.427. The molecule has 4 heterocycles. The first-order chi connectivity index (χ1) is 16.5. The molecule has 34 heavy (non-hydrogen) atoms. The summed E-state index contributed by atoms with van der Waals surface area (Å²) in [6.07, 6.45) is 8.94. The summed E-state index contributed by atoms with van der Waals surface area (Å²) < 4.78 is 13.1. The predicted octanol–water partition coefficient (Wildman–Crippen LogP) is 2.84. The van der Waals surface area contributed by atoms with Gasteiger partial charge in [-0.05, 0) is 38.3 Å². The normalized spacial score (nSPS) is 15.7. The van der Waals surface area contributed by atoms with Gasteiger partial charge in [0.15, 0.2) is 5.13 Å². The minimum Gasteiger partial charge on any atom is -0.377 e. The molecular formula is C23H30N6O4S. The Hall–Kier alpha value is -3.02. The van der Waals surface area contributed by atoms with Crippen LogP contribution in [0.1, 0.15) is 41.9 Å². The van der Waals surface area contributed by atoms with E-state index in [1.165, 1.54) is 17.5 Å². The van der Waals surface area contributed by atoms with Gasteiger partial charge in [0.2, 0.25) is 0 Å². The zero-order chi connectivity index (χ0) is 23.9.